The average molecular weight is 565 g/mol. The van der Waals surface area contributed by atoms with Crippen LogP contribution in [0.25, 0.3) is 0 Å². The molecule has 0 saturated carbocycles. The summed E-state index contributed by atoms with van der Waals surface area (Å²) in [4.78, 5) is 37.4. The van der Waals surface area contributed by atoms with E-state index >= 15 is 0 Å². The number of hydrogen-bond donors (Lipinski definition) is 1. The maximum absolute atomic E-state index is 13.1. The quantitative estimate of drug-likeness (QED) is 0.210. The summed E-state index contributed by atoms with van der Waals surface area (Å²) >= 11 is 0. The van der Waals surface area contributed by atoms with Gasteiger partial charge in [-0.3, -0.25) is 18.6 Å². The summed E-state index contributed by atoms with van der Waals surface area (Å²) < 4.78 is 88.1. The third kappa shape index (κ3) is 8.79. The largest absolute Gasteiger partial charge is 0.523 e. The Morgan fingerprint density at radius 1 is 0.811 bits per heavy atom. The van der Waals surface area contributed by atoms with E-state index in [-0.39, 0.29) is 0 Å². The monoisotopic (exact) mass is 564 g/mol. The van der Waals surface area contributed by atoms with Crippen molar-refractivity contribution in [3.63, 3.8) is 0 Å². The van der Waals surface area contributed by atoms with Crippen molar-refractivity contribution in [1.82, 2.24) is 0 Å². The molecule has 1 heterocycles. The molecule has 0 aromatic rings. The van der Waals surface area contributed by atoms with E-state index in [9.17, 15) is 41.1 Å². The summed E-state index contributed by atoms with van der Waals surface area (Å²) in [6.07, 6.45) is -9.91. The minimum Gasteiger partial charge on any atom is -0.462 e. The normalized spacial score (nSPS) is 24.4. The van der Waals surface area contributed by atoms with Crippen molar-refractivity contribution in [3.8, 4) is 0 Å². The van der Waals surface area contributed by atoms with Crippen molar-refractivity contribution >= 4 is 28.0 Å². The summed E-state index contributed by atoms with van der Waals surface area (Å²) in [5.74, 6) is -2.76. The Bertz CT molecular complexity index is 956. The Morgan fingerprint density at radius 3 is 1.59 bits per heavy atom. The molecule has 1 rings (SSSR count). The molecular weight excluding hydrogens is 529 g/mol. The molecule has 1 saturated heterocycles. The van der Waals surface area contributed by atoms with Gasteiger partial charge in [-0.25, -0.2) is 0 Å². The summed E-state index contributed by atoms with van der Waals surface area (Å²) in [5, 5.41) is 10.4. The van der Waals surface area contributed by atoms with Gasteiger partial charge >= 0.3 is 33.5 Å². The van der Waals surface area contributed by atoms with E-state index in [0.29, 0.717) is 0 Å². The smallest absolute Gasteiger partial charge is 0.462 e. The van der Waals surface area contributed by atoms with Crippen LogP contribution in [0.3, 0.4) is 0 Å². The van der Waals surface area contributed by atoms with Gasteiger partial charge in [-0.05, 0) is 62.3 Å². The number of rotatable bonds is 7. The van der Waals surface area contributed by atoms with E-state index in [1.165, 1.54) is 62.3 Å². The van der Waals surface area contributed by atoms with Crippen molar-refractivity contribution < 1.29 is 64.2 Å². The van der Waals surface area contributed by atoms with Gasteiger partial charge in [-0.1, -0.05) is 0 Å². The van der Waals surface area contributed by atoms with Gasteiger partial charge in [0.2, 0.25) is 0 Å². The number of aliphatic hydroxyl groups excluding tert-OH is 1. The highest BCUT2D eigenvalue weighted by Gasteiger charge is 2.57. The second kappa shape index (κ2) is 11.0. The fourth-order valence-electron chi connectivity index (χ4n) is 2.59. The predicted molar refractivity (Wildman–Crippen MR) is 120 cm³/mol. The second-order valence-electron chi connectivity index (χ2n) is 11.6. The molecule has 0 unspecified atom stereocenters. The molecule has 0 spiro atoms. The van der Waals surface area contributed by atoms with Crippen molar-refractivity contribution in [2.75, 3.05) is 6.61 Å². The van der Waals surface area contributed by atoms with Gasteiger partial charge in [0.1, 0.15) is 18.8 Å². The molecule has 1 aliphatic heterocycles. The maximum Gasteiger partial charge on any atom is 0.523 e. The highest BCUT2D eigenvalue weighted by atomic mass is 32.2. The standard InChI is InChI=1S/C22H35F3O11S/c1-19(2,3)16(27)32-10-11(36-37(30,31)22(23,24)25)12-13(34-17(28)20(4,5)6)14(15(26)33-12)35-18(29)21(7,8)9/h11-15,26H,10H2,1-9H3/t11-,12+,13+,14-,15-/m1/s1. The lowest BCUT2D eigenvalue weighted by Gasteiger charge is -2.31. The Balaban J connectivity index is 3.52. The summed E-state index contributed by atoms with van der Waals surface area (Å²) in [7, 11) is -6.28. The lowest BCUT2D eigenvalue weighted by atomic mass is 9.96. The minimum absolute atomic E-state index is 0.892. The van der Waals surface area contributed by atoms with Crippen molar-refractivity contribution in [2.45, 2.75) is 98.5 Å². The SMILES string of the molecule is CC(C)(C)C(=O)OC[C@@H](OS(=O)(=O)C(F)(F)F)[C@@H]1O[C@@H](O)[C@H](OC(=O)C(C)(C)C)[C@H]1OC(=O)C(C)(C)C. The fraction of sp³-hybridized carbons (Fsp3) is 0.864. The molecular formula is C22H35F3O11S. The molecule has 1 N–H and O–H groups in total. The van der Waals surface area contributed by atoms with E-state index in [2.05, 4.69) is 4.18 Å². The van der Waals surface area contributed by atoms with Crippen LogP contribution in [-0.4, -0.2) is 74.3 Å². The molecule has 5 atom stereocenters. The summed E-state index contributed by atoms with van der Waals surface area (Å²) in [5.41, 5.74) is -9.30. The summed E-state index contributed by atoms with van der Waals surface area (Å²) in [6, 6.07) is 0. The van der Waals surface area contributed by atoms with Gasteiger partial charge in [0.15, 0.2) is 18.5 Å². The van der Waals surface area contributed by atoms with E-state index in [4.69, 9.17) is 18.9 Å². The van der Waals surface area contributed by atoms with Crippen LogP contribution >= 0.6 is 0 Å². The zero-order valence-electron chi connectivity index (χ0n) is 22.2. The molecule has 1 aliphatic rings. The molecule has 0 bridgehead atoms. The highest BCUT2D eigenvalue weighted by Crippen LogP contribution is 2.35. The van der Waals surface area contributed by atoms with Crippen LogP contribution in [0.15, 0.2) is 0 Å². The van der Waals surface area contributed by atoms with Crippen LogP contribution in [-0.2, 0) is 47.6 Å². The molecule has 0 aromatic carbocycles. The van der Waals surface area contributed by atoms with Gasteiger partial charge in [0, 0.05) is 0 Å². The molecule has 15 heteroatoms. The van der Waals surface area contributed by atoms with E-state index in [1.807, 2.05) is 0 Å². The first-order valence-corrected chi connectivity index (χ1v) is 12.6. The molecule has 0 amide bonds. The van der Waals surface area contributed by atoms with Crippen LogP contribution in [0, 0.1) is 16.2 Å². The molecule has 0 radical (unpaired) electrons. The van der Waals surface area contributed by atoms with Gasteiger partial charge in [-0.2, -0.15) is 21.6 Å². The first-order valence-electron chi connectivity index (χ1n) is 11.2. The van der Waals surface area contributed by atoms with Gasteiger partial charge in [0.25, 0.3) is 0 Å². The van der Waals surface area contributed by atoms with Gasteiger partial charge in [0.05, 0.1) is 16.2 Å². The maximum atomic E-state index is 13.1. The van der Waals surface area contributed by atoms with Crippen LogP contribution < -0.4 is 0 Å². The molecule has 1 fully saturated rings. The van der Waals surface area contributed by atoms with E-state index < -0.39 is 87.1 Å². The van der Waals surface area contributed by atoms with Crippen molar-refractivity contribution in [3.05, 3.63) is 0 Å². The lowest BCUT2D eigenvalue weighted by Crippen LogP contribution is -2.50. The third-order valence-corrected chi connectivity index (χ3v) is 5.89. The van der Waals surface area contributed by atoms with Crippen LogP contribution in [0.5, 0.6) is 0 Å². The van der Waals surface area contributed by atoms with Crippen molar-refractivity contribution in [2.24, 2.45) is 16.2 Å². The third-order valence-electron chi connectivity index (χ3n) is 4.83. The highest BCUT2D eigenvalue weighted by molar-refractivity contribution is 7.87. The van der Waals surface area contributed by atoms with Crippen LogP contribution in [0.1, 0.15) is 62.3 Å². The number of hydrogen-bond acceptors (Lipinski definition) is 11. The number of alkyl halides is 3. The first kappa shape index (κ1) is 33.1. The summed E-state index contributed by atoms with van der Waals surface area (Å²) in [6.45, 7) is 11.9. The Labute approximate surface area is 214 Å². The molecule has 0 aliphatic carbocycles. The van der Waals surface area contributed by atoms with Crippen LogP contribution in [0.2, 0.25) is 0 Å². The molecule has 37 heavy (non-hydrogen) atoms. The second-order valence-corrected chi connectivity index (χ2v) is 13.2. The topological polar surface area (TPSA) is 152 Å². The first-order chi connectivity index (χ1) is 16.3. The van der Waals surface area contributed by atoms with Crippen molar-refractivity contribution in [1.29, 1.82) is 0 Å². The number of carbonyl (C=O) groups is 3. The van der Waals surface area contributed by atoms with Gasteiger partial charge in [-0.15, -0.1) is 0 Å². The zero-order valence-corrected chi connectivity index (χ0v) is 23.0. The van der Waals surface area contributed by atoms with E-state index in [1.54, 1.807) is 0 Å². The number of aliphatic hydroxyl groups is 1. The van der Waals surface area contributed by atoms with Gasteiger partial charge < -0.3 is 24.1 Å². The van der Waals surface area contributed by atoms with E-state index in [0.717, 1.165) is 0 Å². The van der Waals surface area contributed by atoms with Crippen LogP contribution in [0.4, 0.5) is 13.2 Å². The zero-order chi connectivity index (χ0) is 29.4. The molecule has 0 aromatic heterocycles. The lowest BCUT2D eigenvalue weighted by molar-refractivity contribution is -0.185. The fourth-order valence-corrected chi connectivity index (χ4v) is 3.19. The Kier molecular flexibility index (Phi) is 9.85. The Morgan fingerprint density at radius 2 is 1.22 bits per heavy atom. The average Bonchev–Trinajstić information content (AvgIpc) is 2.97. The molecule has 11 nitrogen and oxygen atoms in total. The predicted octanol–water partition coefficient (Wildman–Crippen LogP) is 2.44. The number of carbonyl (C=O) groups excluding carboxylic acids is 3. The number of halogens is 3. The minimum atomic E-state index is -6.28. The number of esters is 3. The molecule has 216 valence electrons. The number of ether oxygens (including phenoxy) is 4. The Hall–Kier alpha value is -1.97.